The monoisotopic (exact) mass is 450 g/mol. The first-order chi connectivity index (χ1) is 15.8. The van der Waals surface area contributed by atoms with Crippen LogP contribution in [-0.4, -0.2) is 31.9 Å². The fourth-order valence-electron chi connectivity index (χ4n) is 3.51. The summed E-state index contributed by atoms with van der Waals surface area (Å²) in [7, 11) is 0. The number of hydrogen-bond donors (Lipinski definition) is 1. The summed E-state index contributed by atoms with van der Waals surface area (Å²) in [5.41, 5.74) is 4.75. The Morgan fingerprint density at radius 2 is 2.06 bits per heavy atom. The number of amides is 1. The van der Waals surface area contributed by atoms with Gasteiger partial charge in [0.25, 0.3) is 0 Å². The average Bonchev–Trinajstić information content (AvgIpc) is 3.41. The quantitative estimate of drug-likeness (QED) is 0.454. The number of hydrogen-bond acceptors (Lipinski definition) is 6. The van der Waals surface area contributed by atoms with E-state index in [-0.39, 0.29) is 24.7 Å². The van der Waals surface area contributed by atoms with E-state index >= 15 is 0 Å². The number of imidazole rings is 1. The summed E-state index contributed by atoms with van der Waals surface area (Å²) in [4.78, 5) is 18.9. The molecule has 0 saturated heterocycles. The van der Waals surface area contributed by atoms with Crippen LogP contribution in [0.1, 0.15) is 41.5 Å². The summed E-state index contributed by atoms with van der Waals surface area (Å²) in [6, 6.07) is 10.9. The minimum absolute atomic E-state index is 0.237. The zero-order valence-electron chi connectivity index (χ0n) is 17.9. The van der Waals surface area contributed by atoms with Crippen molar-refractivity contribution in [2.75, 3.05) is 5.32 Å². The second-order valence-electron chi connectivity index (χ2n) is 7.86. The summed E-state index contributed by atoms with van der Waals surface area (Å²) in [5.74, 6) is -2.43. The summed E-state index contributed by atoms with van der Waals surface area (Å²) in [6.45, 7) is 3.83. The molecule has 3 heterocycles. The van der Waals surface area contributed by atoms with E-state index in [0.717, 1.165) is 16.9 Å². The fourth-order valence-corrected chi connectivity index (χ4v) is 3.51. The lowest BCUT2D eigenvalue weighted by molar-refractivity contribution is -0.105. The van der Waals surface area contributed by atoms with Gasteiger partial charge < -0.3 is 14.2 Å². The van der Waals surface area contributed by atoms with Gasteiger partial charge in [-0.15, -0.1) is 0 Å². The first kappa shape index (κ1) is 22.1. The first-order valence-electron chi connectivity index (χ1n) is 10.2. The fraction of sp³-hybridized carbons (Fsp3) is 0.261. The highest BCUT2D eigenvalue weighted by atomic mass is 19.3. The van der Waals surface area contributed by atoms with Crippen molar-refractivity contribution >= 4 is 17.7 Å². The maximum absolute atomic E-state index is 12.9. The molecule has 0 aliphatic heterocycles. The van der Waals surface area contributed by atoms with E-state index < -0.39 is 5.92 Å². The van der Waals surface area contributed by atoms with Crippen LogP contribution in [0.3, 0.4) is 0 Å². The molecule has 0 bridgehead atoms. The topological polar surface area (TPSA) is 109 Å². The maximum atomic E-state index is 12.9. The van der Waals surface area contributed by atoms with E-state index in [2.05, 4.69) is 26.5 Å². The number of nitrogens with zero attached hydrogens (tertiary/aromatic N) is 5. The van der Waals surface area contributed by atoms with Crippen LogP contribution in [0.15, 0.2) is 47.2 Å². The molecular weight excluding hydrogens is 430 g/mol. The molecule has 3 aromatic heterocycles. The normalized spacial score (nSPS) is 14.6. The van der Waals surface area contributed by atoms with Crippen LogP contribution in [0.25, 0.3) is 17.0 Å². The number of carbonyl (C=O) groups excluding carboxylic acids is 1. The molecule has 5 rings (SSSR count). The zero-order valence-corrected chi connectivity index (χ0v) is 17.9. The third-order valence-electron chi connectivity index (χ3n) is 5.42. The third kappa shape index (κ3) is 4.72. The van der Waals surface area contributed by atoms with Crippen molar-refractivity contribution in [1.29, 1.82) is 5.26 Å². The van der Waals surface area contributed by atoms with Gasteiger partial charge in [-0.3, -0.25) is 4.79 Å². The van der Waals surface area contributed by atoms with Crippen LogP contribution in [0.4, 0.5) is 14.5 Å². The number of aromatic nitrogens is 4. The number of aryl methyl sites for hydroxylation is 2. The Morgan fingerprint density at radius 3 is 2.76 bits per heavy atom. The van der Waals surface area contributed by atoms with Gasteiger partial charge in [0.15, 0.2) is 0 Å². The molecule has 1 N–H and O–H groups in total. The second kappa shape index (κ2) is 8.78. The number of halogens is 2. The molecule has 1 saturated carbocycles. The van der Waals surface area contributed by atoms with Gasteiger partial charge in [-0.25, -0.2) is 13.8 Å². The van der Waals surface area contributed by atoms with E-state index in [1.807, 2.05) is 30.5 Å². The predicted octanol–water partition coefficient (Wildman–Crippen LogP) is 4.64. The van der Waals surface area contributed by atoms with Crippen molar-refractivity contribution in [2.24, 2.45) is 0 Å². The largest absolute Gasteiger partial charge is 0.339 e. The summed E-state index contributed by atoms with van der Waals surface area (Å²) >= 11 is 0. The summed E-state index contributed by atoms with van der Waals surface area (Å²) < 4.78 is 32.7. The zero-order chi connectivity index (χ0) is 23.6. The Balaban J connectivity index is 0.000000183. The van der Waals surface area contributed by atoms with Gasteiger partial charge >= 0.3 is 0 Å². The van der Waals surface area contributed by atoms with Crippen molar-refractivity contribution in [3.8, 4) is 17.5 Å². The van der Waals surface area contributed by atoms with Crippen LogP contribution in [0.2, 0.25) is 0 Å². The van der Waals surface area contributed by atoms with Crippen molar-refractivity contribution in [1.82, 2.24) is 19.5 Å². The van der Waals surface area contributed by atoms with Gasteiger partial charge in [0, 0.05) is 48.1 Å². The van der Waals surface area contributed by atoms with Gasteiger partial charge in [-0.1, -0.05) is 17.3 Å². The van der Waals surface area contributed by atoms with Crippen molar-refractivity contribution in [2.45, 2.75) is 38.5 Å². The number of nitrogens with one attached hydrogen (secondary N) is 1. The molecule has 0 unspecified atom stereocenters. The highest BCUT2D eigenvalue weighted by Crippen LogP contribution is 2.47. The summed E-state index contributed by atoms with van der Waals surface area (Å²) in [5, 5.41) is 15.0. The Bertz CT molecular complexity index is 1350. The van der Waals surface area contributed by atoms with Gasteiger partial charge in [-0.2, -0.15) is 10.2 Å². The number of nitriles is 1. The number of benzene rings is 1. The molecule has 1 fully saturated rings. The van der Waals surface area contributed by atoms with Crippen molar-refractivity contribution in [3.63, 3.8) is 0 Å². The highest BCUT2D eigenvalue weighted by Gasteiger charge is 2.48. The Hall–Kier alpha value is -4.13. The maximum Gasteiger partial charge on any atom is 0.249 e. The number of pyridine rings is 1. The minimum atomic E-state index is -2.62. The molecule has 1 aliphatic rings. The number of anilines is 1. The van der Waals surface area contributed by atoms with Gasteiger partial charge in [-0.05, 0) is 37.6 Å². The number of carbonyl (C=O) groups is 1. The van der Waals surface area contributed by atoms with Crippen LogP contribution in [-0.2, 0) is 4.79 Å². The van der Waals surface area contributed by atoms with Gasteiger partial charge in [0.2, 0.25) is 24.0 Å². The Kier molecular flexibility index (Phi) is 5.87. The molecule has 4 aromatic rings. The molecule has 0 atom stereocenters. The molecule has 168 valence electrons. The molecule has 33 heavy (non-hydrogen) atoms. The van der Waals surface area contributed by atoms with Gasteiger partial charge in [0.1, 0.15) is 5.65 Å². The van der Waals surface area contributed by atoms with E-state index in [1.165, 1.54) is 0 Å². The lowest BCUT2D eigenvalue weighted by atomic mass is 9.81. The lowest BCUT2D eigenvalue weighted by Crippen LogP contribution is -2.33. The Morgan fingerprint density at radius 1 is 1.27 bits per heavy atom. The highest BCUT2D eigenvalue weighted by molar-refractivity contribution is 5.76. The summed E-state index contributed by atoms with van der Waals surface area (Å²) in [6.07, 6.45) is 3.73. The molecule has 0 spiro atoms. The molecule has 10 heteroatoms. The van der Waals surface area contributed by atoms with Crippen molar-refractivity contribution < 1.29 is 18.1 Å². The molecule has 0 radical (unpaired) electrons. The molecule has 8 nitrogen and oxygen atoms in total. The van der Waals surface area contributed by atoms with Crippen LogP contribution >= 0.6 is 0 Å². The Labute approximate surface area is 187 Å². The number of rotatable bonds is 4. The third-order valence-corrected chi connectivity index (χ3v) is 5.42. The number of fused-ring (bicyclic) bond motifs is 1. The number of alkyl halides is 2. The molecular formula is C23H20F2N6O2. The lowest BCUT2D eigenvalue weighted by Gasteiger charge is -2.31. The minimum Gasteiger partial charge on any atom is -0.339 e. The standard InChI is InChI=1S/C14H13F2N3O2.C9H7N3/c1-8-2-3-9(4-11(8)17-7-20)12-18-13(21-19-12)10-5-14(15,16)6-10;1-7-6-11-9-4-8(5-10)2-3-12(7)9/h2-4,7,10H,5-6H2,1H3,(H,17,20);2-4,6H,1H3. The van der Waals surface area contributed by atoms with Crippen LogP contribution < -0.4 is 5.32 Å². The SMILES string of the molecule is Cc1ccc(-c2noc(C3CC(F)(F)C3)n2)cc1NC=O.Cc1cnc2cc(C#N)ccn12. The van der Waals surface area contributed by atoms with E-state index in [9.17, 15) is 13.6 Å². The van der Waals surface area contributed by atoms with Gasteiger partial charge in [0.05, 0.1) is 11.6 Å². The first-order valence-corrected chi connectivity index (χ1v) is 10.2. The van der Waals surface area contributed by atoms with E-state index in [0.29, 0.717) is 29.0 Å². The van der Waals surface area contributed by atoms with Crippen LogP contribution in [0, 0.1) is 25.2 Å². The van der Waals surface area contributed by atoms with Crippen LogP contribution in [0.5, 0.6) is 0 Å². The van der Waals surface area contributed by atoms with E-state index in [4.69, 9.17) is 9.78 Å². The smallest absolute Gasteiger partial charge is 0.249 e. The van der Waals surface area contributed by atoms with E-state index in [1.54, 1.807) is 30.5 Å². The second-order valence-corrected chi connectivity index (χ2v) is 7.86. The predicted molar refractivity (Wildman–Crippen MR) is 116 cm³/mol. The molecule has 1 aliphatic carbocycles. The molecule has 1 amide bonds. The average molecular weight is 450 g/mol. The molecule has 1 aromatic carbocycles. The van der Waals surface area contributed by atoms with Crippen molar-refractivity contribution in [3.05, 3.63) is 65.4 Å².